The molecule has 2 unspecified atom stereocenters. The van der Waals surface area contributed by atoms with Crippen molar-refractivity contribution >= 4 is 11.7 Å². The highest BCUT2D eigenvalue weighted by Crippen LogP contribution is 2.28. The molecule has 1 aliphatic rings. The van der Waals surface area contributed by atoms with E-state index in [9.17, 15) is 4.79 Å². The number of nitrogens with zero attached hydrogens (tertiary/aromatic N) is 3. The molecule has 0 spiro atoms. The van der Waals surface area contributed by atoms with E-state index in [0.717, 1.165) is 6.42 Å². The quantitative estimate of drug-likeness (QED) is 0.636. The standard InChI is InChI=1S/C13H21N5O/c1-9-5-3-4-6-11(9)18(2)13(19)10-7-15-8-12(16-10)17-14/h7-9,11H,3-6,14H2,1-2H3,(H,16,17). The van der Waals surface area contributed by atoms with E-state index in [0.29, 0.717) is 17.4 Å². The maximum atomic E-state index is 12.4. The third-order valence-corrected chi connectivity index (χ3v) is 3.89. The summed E-state index contributed by atoms with van der Waals surface area (Å²) in [5.41, 5.74) is 2.73. The number of nitrogen functional groups attached to an aromatic ring is 1. The minimum Gasteiger partial charge on any atom is -0.337 e. The molecule has 0 aliphatic heterocycles. The van der Waals surface area contributed by atoms with Gasteiger partial charge in [-0.3, -0.25) is 9.78 Å². The van der Waals surface area contributed by atoms with Gasteiger partial charge in [0.2, 0.25) is 0 Å². The summed E-state index contributed by atoms with van der Waals surface area (Å²) >= 11 is 0. The van der Waals surface area contributed by atoms with Crippen LogP contribution in [0.5, 0.6) is 0 Å². The molecular formula is C13H21N5O. The van der Waals surface area contributed by atoms with Crippen LogP contribution in [0.15, 0.2) is 12.4 Å². The molecule has 3 N–H and O–H groups in total. The Kier molecular flexibility index (Phi) is 4.31. The Morgan fingerprint density at radius 3 is 2.84 bits per heavy atom. The van der Waals surface area contributed by atoms with Gasteiger partial charge >= 0.3 is 0 Å². The van der Waals surface area contributed by atoms with Crippen molar-refractivity contribution in [3.8, 4) is 0 Å². The van der Waals surface area contributed by atoms with Crippen molar-refractivity contribution in [3.05, 3.63) is 18.1 Å². The molecule has 1 fully saturated rings. The van der Waals surface area contributed by atoms with Gasteiger partial charge in [-0.1, -0.05) is 19.8 Å². The highest BCUT2D eigenvalue weighted by atomic mass is 16.2. The number of hydrogen-bond donors (Lipinski definition) is 2. The van der Waals surface area contributed by atoms with Crippen LogP contribution in [0.3, 0.4) is 0 Å². The van der Waals surface area contributed by atoms with Crippen molar-refractivity contribution in [1.82, 2.24) is 14.9 Å². The van der Waals surface area contributed by atoms with E-state index >= 15 is 0 Å². The summed E-state index contributed by atoms with van der Waals surface area (Å²) in [5.74, 6) is 6.12. The third-order valence-electron chi connectivity index (χ3n) is 3.89. The number of aromatic nitrogens is 2. The fourth-order valence-electron chi connectivity index (χ4n) is 2.74. The Labute approximate surface area is 113 Å². The molecule has 1 amide bonds. The summed E-state index contributed by atoms with van der Waals surface area (Å²) in [4.78, 5) is 22.3. The first-order valence-corrected chi connectivity index (χ1v) is 6.69. The summed E-state index contributed by atoms with van der Waals surface area (Å²) in [6.45, 7) is 2.21. The zero-order valence-electron chi connectivity index (χ0n) is 11.5. The van der Waals surface area contributed by atoms with E-state index in [-0.39, 0.29) is 11.9 Å². The number of amides is 1. The predicted octanol–water partition coefficient (Wildman–Crippen LogP) is 1.41. The molecule has 0 radical (unpaired) electrons. The monoisotopic (exact) mass is 263 g/mol. The van der Waals surface area contributed by atoms with E-state index in [4.69, 9.17) is 5.84 Å². The zero-order chi connectivity index (χ0) is 13.8. The van der Waals surface area contributed by atoms with E-state index in [1.165, 1.54) is 31.7 Å². The average Bonchev–Trinajstić information content (AvgIpc) is 2.46. The second-order valence-electron chi connectivity index (χ2n) is 5.18. The van der Waals surface area contributed by atoms with E-state index in [1.54, 1.807) is 4.90 Å². The molecule has 0 saturated heterocycles. The number of nitrogens with two attached hydrogens (primary N) is 1. The predicted molar refractivity (Wildman–Crippen MR) is 73.4 cm³/mol. The molecule has 104 valence electrons. The SMILES string of the molecule is CC1CCCCC1N(C)C(=O)c1cncc(NN)n1. The topological polar surface area (TPSA) is 84.1 Å². The minimum absolute atomic E-state index is 0.0941. The maximum Gasteiger partial charge on any atom is 0.274 e. The van der Waals surface area contributed by atoms with Gasteiger partial charge in [-0.15, -0.1) is 0 Å². The van der Waals surface area contributed by atoms with Gasteiger partial charge in [-0.25, -0.2) is 10.8 Å². The first-order chi connectivity index (χ1) is 9.13. The van der Waals surface area contributed by atoms with Crippen molar-refractivity contribution in [3.63, 3.8) is 0 Å². The largest absolute Gasteiger partial charge is 0.337 e. The lowest BCUT2D eigenvalue weighted by atomic mass is 9.85. The lowest BCUT2D eigenvalue weighted by Gasteiger charge is -2.36. The van der Waals surface area contributed by atoms with Gasteiger partial charge in [0, 0.05) is 13.1 Å². The van der Waals surface area contributed by atoms with Gasteiger partial charge in [0.15, 0.2) is 5.82 Å². The molecule has 6 heteroatoms. The van der Waals surface area contributed by atoms with Crippen molar-refractivity contribution in [2.75, 3.05) is 12.5 Å². The minimum atomic E-state index is -0.0941. The third kappa shape index (κ3) is 3.01. The smallest absolute Gasteiger partial charge is 0.274 e. The highest BCUT2D eigenvalue weighted by Gasteiger charge is 2.29. The van der Waals surface area contributed by atoms with Crippen LogP contribution in [0, 0.1) is 5.92 Å². The van der Waals surface area contributed by atoms with Crippen LogP contribution in [0.4, 0.5) is 5.82 Å². The molecule has 1 aromatic rings. The Morgan fingerprint density at radius 2 is 2.16 bits per heavy atom. The summed E-state index contributed by atoms with van der Waals surface area (Å²) in [7, 11) is 1.85. The van der Waals surface area contributed by atoms with Gasteiger partial charge < -0.3 is 10.3 Å². The Morgan fingerprint density at radius 1 is 1.42 bits per heavy atom. The molecule has 1 saturated carbocycles. The normalized spacial score (nSPS) is 22.9. The summed E-state index contributed by atoms with van der Waals surface area (Å²) in [6, 6.07) is 0.289. The highest BCUT2D eigenvalue weighted by molar-refractivity contribution is 5.92. The number of carbonyl (C=O) groups is 1. The van der Waals surface area contributed by atoms with Crippen molar-refractivity contribution in [2.24, 2.45) is 11.8 Å². The van der Waals surface area contributed by atoms with Gasteiger partial charge in [-0.2, -0.15) is 0 Å². The summed E-state index contributed by atoms with van der Waals surface area (Å²) < 4.78 is 0. The van der Waals surface area contributed by atoms with Crippen LogP contribution >= 0.6 is 0 Å². The number of carbonyl (C=O) groups excluding carboxylic acids is 1. The molecular weight excluding hydrogens is 242 g/mol. The Hall–Kier alpha value is -1.69. The molecule has 2 rings (SSSR count). The lowest BCUT2D eigenvalue weighted by molar-refractivity contribution is 0.0622. The molecule has 0 bridgehead atoms. The lowest BCUT2D eigenvalue weighted by Crippen LogP contribution is -2.43. The Balaban J connectivity index is 2.13. The fraction of sp³-hybridized carbons (Fsp3) is 0.615. The van der Waals surface area contributed by atoms with Crippen LogP contribution in [-0.2, 0) is 0 Å². The van der Waals surface area contributed by atoms with Crippen LogP contribution in [-0.4, -0.2) is 33.9 Å². The second kappa shape index (κ2) is 5.97. The van der Waals surface area contributed by atoms with Crippen molar-refractivity contribution < 1.29 is 4.79 Å². The number of hydrazine groups is 1. The van der Waals surface area contributed by atoms with Crippen LogP contribution in [0.1, 0.15) is 43.1 Å². The average molecular weight is 263 g/mol. The molecule has 1 heterocycles. The Bertz CT molecular complexity index is 450. The van der Waals surface area contributed by atoms with Gasteiger partial charge in [0.1, 0.15) is 5.69 Å². The fourth-order valence-corrected chi connectivity index (χ4v) is 2.74. The van der Waals surface area contributed by atoms with E-state index in [2.05, 4.69) is 22.3 Å². The number of nitrogens with one attached hydrogen (secondary N) is 1. The van der Waals surface area contributed by atoms with Crippen LogP contribution in [0.25, 0.3) is 0 Å². The van der Waals surface area contributed by atoms with Crippen molar-refractivity contribution in [1.29, 1.82) is 0 Å². The number of anilines is 1. The first-order valence-electron chi connectivity index (χ1n) is 6.69. The van der Waals surface area contributed by atoms with Gasteiger partial charge in [-0.05, 0) is 18.8 Å². The maximum absolute atomic E-state index is 12.4. The first kappa shape index (κ1) is 13.7. The van der Waals surface area contributed by atoms with Gasteiger partial charge in [0.25, 0.3) is 5.91 Å². The summed E-state index contributed by atoms with van der Waals surface area (Å²) in [5, 5.41) is 0. The van der Waals surface area contributed by atoms with E-state index < -0.39 is 0 Å². The van der Waals surface area contributed by atoms with Gasteiger partial charge in [0.05, 0.1) is 12.4 Å². The second-order valence-corrected chi connectivity index (χ2v) is 5.18. The molecule has 0 aromatic carbocycles. The zero-order valence-corrected chi connectivity index (χ0v) is 11.5. The van der Waals surface area contributed by atoms with Crippen molar-refractivity contribution in [2.45, 2.75) is 38.6 Å². The van der Waals surface area contributed by atoms with E-state index in [1.807, 2.05) is 7.05 Å². The molecule has 1 aliphatic carbocycles. The van der Waals surface area contributed by atoms with Crippen LogP contribution < -0.4 is 11.3 Å². The molecule has 2 atom stereocenters. The number of rotatable bonds is 3. The molecule has 19 heavy (non-hydrogen) atoms. The number of hydrogen-bond acceptors (Lipinski definition) is 5. The van der Waals surface area contributed by atoms with Crippen LogP contribution in [0.2, 0.25) is 0 Å². The molecule has 1 aromatic heterocycles. The summed E-state index contributed by atoms with van der Waals surface area (Å²) in [6.07, 6.45) is 7.64. The molecule has 6 nitrogen and oxygen atoms in total.